The Hall–Kier alpha value is -1.19. The van der Waals surface area contributed by atoms with Crippen LogP contribution in [0.15, 0.2) is 11.8 Å². The van der Waals surface area contributed by atoms with Gasteiger partial charge in [-0.15, -0.1) is 0 Å². The van der Waals surface area contributed by atoms with Crippen LogP contribution in [-0.4, -0.2) is 10.7 Å². The molecular formula is C5H7NO3. The zero-order valence-corrected chi connectivity index (χ0v) is 5.25. The highest BCUT2D eigenvalue weighted by Gasteiger charge is 1.99. The number of carbonyl (C=O) groups is 1. The van der Waals surface area contributed by atoms with Gasteiger partial charge in [-0.2, -0.15) is 0 Å². The molecule has 0 aromatic carbocycles. The van der Waals surface area contributed by atoms with E-state index < -0.39 is 4.92 Å². The highest BCUT2D eigenvalue weighted by molar-refractivity contribution is 5.92. The van der Waals surface area contributed by atoms with E-state index in [-0.39, 0.29) is 11.4 Å². The molecule has 0 aliphatic heterocycles. The molecule has 0 amide bonds. The third-order valence-corrected chi connectivity index (χ3v) is 0.854. The molecule has 0 spiro atoms. The Morgan fingerprint density at radius 1 is 1.56 bits per heavy atom. The summed E-state index contributed by atoms with van der Waals surface area (Å²) in [6, 6.07) is 0. The van der Waals surface area contributed by atoms with Gasteiger partial charge in [0.2, 0.25) is 6.20 Å². The molecule has 4 nitrogen and oxygen atoms in total. The van der Waals surface area contributed by atoms with Crippen molar-refractivity contribution in [2.45, 2.75) is 13.8 Å². The molecule has 0 rings (SSSR count). The van der Waals surface area contributed by atoms with Gasteiger partial charge in [0.15, 0.2) is 5.78 Å². The van der Waals surface area contributed by atoms with Crippen molar-refractivity contribution in [2.24, 2.45) is 0 Å². The molecule has 0 atom stereocenters. The second kappa shape index (κ2) is 2.96. The maximum Gasteiger partial charge on any atom is 0.240 e. The van der Waals surface area contributed by atoms with Gasteiger partial charge in [-0.3, -0.25) is 14.9 Å². The summed E-state index contributed by atoms with van der Waals surface area (Å²) in [5.41, 5.74) is 0.167. The molecule has 9 heavy (non-hydrogen) atoms. The molecular weight excluding hydrogens is 122 g/mol. The van der Waals surface area contributed by atoms with E-state index in [1.807, 2.05) is 0 Å². The Bertz CT molecular complexity index is 171. The molecule has 0 aromatic heterocycles. The minimum Gasteiger partial charge on any atom is -0.295 e. The van der Waals surface area contributed by atoms with Crippen LogP contribution >= 0.6 is 0 Å². The SMILES string of the molecule is CC(=O)/C(C)=C/[N+](=O)[O-]. The maximum absolute atomic E-state index is 10.3. The summed E-state index contributed by atoms with van der Waals surface area (Å²) in [6.45, 7) is 2.69. The Morgan fingerprint density at radius 2 is 2.00 bits per heavy atom. The zero-order chi connectivity index (χ0) is 7.44. The Labute approximate surface area is 52.3 Å². The second-order valence-corrected chi connectivity index (χ2v) is 1.65. The van der Waals surface area contributed by atoms with Crippen molar-refractivity contribution in [1.29, 1.82) is 0 Å². The summed E-state index contributed by atoms with van der Waals surface area (Å²) in [6.07, 6.45) is 0.697. The van der Waals surface area contributed by atoms with E-state index in [0.29, 0.717) is 6.20 Å². The molecule has 0 fully saturated rings. The van der Waals surface area contributed by atoms with Crippen molar-refractivity contribution in [3.05, 3.63) is 21.9 Å². The number of ketones is 1. The third-order valence-electron chi connectivity index (χ3n) is 0.854. The van der Waals surface area contributed by atoms with Crippen molar-refractivity contribution in [2.75, 3.05) is 0 Å². The van der Waals surface area contributed by atoms with Gasteiger partial charge in [0.25, 0.3) is 0 Å². The minimum atomic E-state index is -0.642. The molecule has 0 saturated heterocycles. The lowest BCUT2D eigenvalue weighted by Gasteiger charge is -1.84. The first-order valence-corrected chi connectivity index (χ1v) is 2.37. The van der Waals surface area contributed by atoms with Crippen LogP contribution < -0.4 is 0 Å². The molecule has 0 bridgehead atoms. The molecule has 0 unspecified atom stereocenters. The maximum atomic E-state index is 10.3. The Morgan fingerprint density at radius 3 is 2.11 bits per heavy atom. The van der Waals surface area contributed by atoms with E-state index >= 15 is 0 Å². The van der Waals surface area contributed by atoms with Crippen LogP contribution in [0.2, 0.25) is 0 Å². The van der Waals surface area contributed by atoms with E-state index in [1.54, 1.807) is 0 Å². The lowest BCUT2D eigenvalue weighted by molar-refractivity contribution is -0.403. The van der Waals surface area contributed by atoms with Crippen LogP contribution in [0.25, 0.3) is 0 Å². The summed E-state index contributed by atoms with van der Waals surface area (Å²) >= 11 is 0. The van der Waals surface area contributed by atoms with Crippen LogP contribution in [0.5, 0.6) is 0 Å². The number of nitrogens with zero attached hydrogens (tertiary/aromatic N) is 1. The van der Waals surface area contributed by atoms with E-state index in [2.05, 4.69) is 0 Å². The van der Waals surface area contributed by atoms with Crippen LogP contribution in [0.3, 0.4) is 0 Å². The zero-order valence-electron chi connectivity index (χ0n) is 5.25. The van der Waals surface area contributed by atoms with Crippen LogP contribution in [0.1, 0.15) is 13.8 Å². The number of nitro groups is 1. The fraction of sp³-hybridized carbons (Fsp3) is 0.400. The molecule has 50 valence electrons. The van der Waals surface area contributed by atoms with Gasteiger partial charge < -0.3 is 0 Å². The number of hydrogen-bond donors (Lipinski definition) is 0. The standard InChI is InChI=1S/C5H7NO3/c1-4(5(2)7)3-6(8)9/h3H,1-2H3/b4-3+. The molecule has 0 N–H and O–H groups in total. The quantitative estimate of drug-likeness (QED) is 0.314. The molecule has 0 radical (unpaired) electrons. The van der Waals surface area contributed by atoms with E-state index in [4.69, 9.17) is 0 Å². The van der Waals surface area contributed by atoms with Gasteiger partial charge in [0.05, 0.1) is 10.5 Å². The number of Topliss-reactive ketones (excluding diaryl/α,β-unsaturated/α-hetero) is 1. The first kappa shape index (κ1) is 7.81. The minimum absolute atomic E-state index is 0.167. The predicted octanol–water partition coefficient (Wildman–Crippen LogP) is 0.756. The van der Waals surface area contributed by atoms with Crippen LogP contribution in [0, 0.1) is 10.1 Å². The highest BCUT2D eigenvalue weighted by atomic mass is 16.6. The summed E-state index contributed by atoms with van der Waals surface area (Å²) in [5, 5.41) is 9.69. The summed E-state index contributed by atoms with van der Waals surface area (Å²) in [7, 11) is 0. The first-order valence-electron chi connectivity index (χ1n) is 2.37. The number of carbonyl (C=O) groups excluding carboxylic acids is 1. The van der Waals surface area contributed by atoms with Crippen molar-refractivity contribution in [1.82, 2.24) is 0 Å². The predicted molar refractivity (Wildman–Crippen MR) is 31.4 cm³/mol. The number of rotatable bonds is 2. The van der Waals surface area contributed by atoms with Gasteiger partial charge in [0.1, 0.15) is 0 Å². The molecule has 0 aromatic rings. The topological polar surface area (TPSA) is 60.2 Å². The molecule has 0 aliphatic rings. The lowest BCUT2D eigenvalue weighted by atomic mass is 10.2. The van der Waals surface area contributed by atoms with Crippen molar-refractivity contribution < 1.29 is 9.72 Å². The Kier molecular flexibility index (Phi) is 2.57. The van der Waals surface area contributed by atoms with E-state index in [0.717, 1.165) is 0 Å². The number of allylic oxidation sites excluding steroid dienone is 1. The van der Waals surface area contributed by atoms with Crippen molar-refractivity contribution in [3.63, 3.8) is 0 Å². The lowest BCUT2D eigenvalue weighted by Crippen LogP contribution is -1.95. The smallest absolute Gasteiger partial charge is 0.240 e. The van der Waals surface area contributed by atoms with Crippen molar-refractivity contribution >= 4 is 5.78 Å². The van der Waals surface area contributed by atoms with E-state index in [1.165, 1.54) is 13.8 Å². The van der Waals surface area contributed by atoms with Gasteiger partial charge in [0, 0.05) is 0 Å². The first-order chi connectivity index (χ1) is 4.04. The van der Waals surface area contributed by atoms with Gasteiger partial charge in [-0.1, -0.05) is 0 Å². The summed E-state index contributed by atoms with van der Waals surface area (Å²) in [5.74, 6) is -0.272. The summed E-state index contributed by atoms with van der Waals surface area (Å²) < 4.78 is 0. The summed E-state index contributed by atoms with van der Waals surface area (Å²) in [4.78, 5) is 19.4. The van der Waals surface area contributed by atoms with Crippen molar-refractivity contribution in [3.8, 4) is 0 Å². The second-order valence-electron chi connectivity index (χ2n) is 1.65. The fourth-order valence-corrected chi connectivity index (χ4v) is 0.249. The van der Waals surface area contributed by atoms with Crippen LogP contribution in [0.4, 0.5) is 0 Å². The van der Waals surface area contributed by atoms with Gasteiger partial charge in [-0.05, 0) is 13.8 Å². The average molecular weight is 129 g/mol. The molecule has 0 aliphatic carbocycles. The largest absolute Gasteiger partial charge is 0.295 e. The Balaban J connectivity index is 4.17. The monoisotopic (exact) mass is 129 g/mol. The fourth-order valence-electron chi connectivity index (χ4n) is 0.249. The average Bonchev–Trinajstić information content (AvgIpc) is 1.63. The third kappa shape index (κ3) is 3.40. The molecule has 0 saturated carbocycles. The normalized spacial score (nSPS) is 11.1. The number of hydrogen-bond acceptors (Lipinski definition) is 3. The molecule has 4 heteroatoms. The van der Waals surface area contributed by atoms with E-state index in [9.17, 15) is 14.9 Å². The van der Waals surface area contributed by atoms with Gasteiger partial charge >= 0.3 is 0 Å². The van der Waals surface area contributed by atoms with Crippen LogP contribution in [-0.2, 0) is 4.79 Å². The molecule has 0 heterocycles. The highest BCUT2D eigenvalue weighted by Crippen LogP contribution is 1.92. The van der Waals surface area contributed by atoms with Gasteiger partial charge in [-0.25, -0.2) is 0 Å².